The Morgan fingerprint density at radius 2 is 1.93 bits per heavy atom. The summed E-state index contributed by atoms with van der Waals surface area (Å²) in [4.78, 5) is 14.1. The summed E-state index contributed by atoms with van der Waals surface area (Å²) in [6, 6.07) is 12.6. The minimum absolute atomic E-state index is 0.00410. The molecule has 1 saturated heterocycles. The number of carbonyl (C=O) groups is 1. The zero-order chi connectivity index (χ0) is 19.4. The van der Waals surface area contributed by atoms with Gasteiger partial charge in [0, 0.05) is 31.6 Å². The number of rotatable bonds is 5. The van der Waals surface area contributed by atoms with Crippen LogP contribution < -0.4 is 5.32 Å². The predicted molar refractivity (Wildman–Crippen MR) is 102 cm³/mol. The van der Waals surface area contributed by atoms with Crippen LogP contribution in [0.3, 0.4) is 0 Å². The van der Waals surface area contributed by atoms with Gasteiger partial charge in [-0.25, -0.2) is 8.78 Å². The molecule has 5 heteroatoms. The molecule has 0 aliphatic carbocycles. The number of carbonyl (C=O) groups excluding carboxylic acids is 1. The van der Waals surface area contributed by atoms with E-state index in [2.05, 4.69) is 29.6 Å². The van der Waals surface area contributed by atoms with Crippen LogP contribution in [0.5, 0.6) is 0 Å². The Balaban J connectivity index is 1.76. The molecule has 1 heterocycles. The van der Waals surface area contributed by atoms with E-state index in [-0.39, 0.29) is 24.5 Å². The van der Waals surface area contributed by atoms with Gasteiger partial charge in [-0.3, -0.25) is 4.79 Å². The summed E-state index contributed by atoms with van der Waals surface area (Å²) in [5, 5.41) is 3.37. The van der Waals surface area contributed by atoms with E-state index in [0.717, 1.165) is 31.9 Å². The van der Waals surface area contributed by atoms with Gasteiger partial charge in [-0.2, -0.15) is 0 Å². The van der Waals surface area contributed by atoms with Crippen LogP contribution in [-0.2, 0) is 17.8 Å². The average molecular weight is 372 g/mol. The van der Waals surface area contributed by atoms with Gasteiger partial charge in [0.1, 0.15) is 0 Å². The highest BCUT2D eigenvalue weighted by atomic mass is 19.2. The zero-order valence-corrected chi connectivity index (χ0v) is 15.8. The number of nitrogens with one attached hydrogen (secondary N) is 1. The van der Waals surface area contributed by atoms with Crippen LogP contribution in [0.2, 0.25) is 0 Å². The molecule has 2 atom stereocenters. The molecule has 3 nitrogen and oxygen atoms in total. The lowest BCUT2D eigenvalue weighted by molar-refractivity contribution is -0.133. The lowest BCUT2D eigenvalue weighted by Gasteiger charge is -2.41. The molecule has 0 spiro atoms. The molecule has 27 heavy (non-hydrogen) atoms. The number of nitrogens with zero attached hydrogens (tertiary/aromatic N) is 1. The van der Waals surface area contributed by atoms with Gasteiger partial charge in [0.2, 0.25) is 5.91 Å². The fourth-order valence-corrected chi connectivity index (χ4v) is 3.83. The number of likely N-dealkylation sites (tertiary alicyclic amines) is 1. The van der Waals surface area contributed by atoms with E-state index in [4.69, 9.17) is 0 Å². The van der Waals surface area contributed by atoms with Crippen molar-refractivity contribution in [1.29, 1.82) is 0 Å². The van der Waals surface area contributed by atoms with Crippen LogP contribution in [0.15, 0.2) is 42.5 Å². The fraction of sp³-hybridized carbons (Fsp3) is 0.409. The van der Waals surface area contributed by atoms with Gasteiger partial charge in [-0.1, -0.05) is 42.0 Å². The smallest absolute Gasteiger partial charge is 0.219 e. The van der Waals surface area contributed by atoms with Crippen molar-refractivity contribution in [2.24, 2.45) is 0 Å². The van der Waals surface area contributed by atoms with Crippen molar-refractivity contribution >= 4 is 5.91 Å². The summed E-state index contributed by atoms with van der Waals surface area (Å²) in [5.74, 6) is -1.59. The number of halogens is 2. The maximum atomic E-state index is 14.0. The van der Waals surface area contributed by atoms with Gasteiger partial charge in [0.05, 0.1) is 6.04 Å². The first kappa shape index (κ1) is 19.5. The lowest BCUT2D eigenvalue weighted by Crippen LogP contribution is -2.56. The molecular formula is C22H26F2N2O. The number of benzene rings is 2. The Bertz CT molecular complexity index is 791. The molecule has 3 rings (SSSR count). The van der Waals surface area contributed by atoms with Gasteiger partial charge in [-0.15, -0.1) is 0 Å². The minimum Gasteiger partial charge on any atom is -0.338 e. The van der Waals surface area contributed by atoms with Gasteiger partial charge >= 0.3 is 0 Å². The zero-order valence-electron chi connectivity index (χ0n) is 15.8. The number of amides is 1. The highest BCUT2D eigenvalue weighted by Gasteiger charge is 2.32. The van der Waals surface area contributed by atoms with Gasteiger partial charge in [0.25, 0.3) is 0 Å². The van der Waals surface area contributed by atoms with Gasteiger partial charge in [-0.05, 0) is 37.8 Å². The third kappa shape index (κ3) is 4.72. The van der Waals surface area contributed by atoms with E-state index in [9.17, 15) is 13.6 Å². The molecule has 1 aliphatic rings. The molecule has 0 aromatic heterocycles. The Hall–Kier alpha value is -2.27. The van der Waals surface area contributed by atoms with E-state index in [1.54, 1.807) is 13.0 Å². The molecule has 0 radical (unpaired) electrons. The predicted octanol–water partition coefficient (Wildman–Crippen LogP) is 3.99. The second kappa shape index (κ2) is 8.61. The van der Waals surface area contributed by atoms with E-state index in [0.29, 0.717) is 5.56 Å². The highest BCUT2D eigenvalue weighted by molar-refractivity contribution is 5.73. The van der Waals surface area contributed by atoms with Crippen LogP contribution in [0.25, 0.3) is 0 Å². The standard InChI is InChI=1S/C22H26F2N2O/c1-15-8-10-17(11-9-15)13-21-20(7-4-12-26(21)16(2)27)25-14-18-5-3-6-19(23)22(18)24/h3,5-6,8-11,20-21,25H,4,7,12-14H2,1-2H3/t20-,21-/m0/s1. The molecule has 2 aromatic rings. The van der Waals surface area contributed by atoms with Crippen LogP contribution in [0.1, 0.15) is 36.5 Å². The second-order valence-electron chi connectivity index (χ2n) is 7.31. The highest BCUT2D eigenvalue weighted by Crippen LogP contribution is 2.23. The quantitative estimate of drug-likeness (QED) is 0.861. The molecular weight excluding hydrogens is 346 g/mol. The SMILES string of the molecule is CC(=O)N1CCC[C@H](NCc2cccc(F)c2F)[C@@H]1Cc1ccc(C)cc1. The van der Waals surface area contributed by atoms with Crippen molar-refractivity contribution in [3.05, 3.63) is 70.8 Å². The molecule has 0 saturated carbocycles. The number of aryl methyl sites for hydroxylation is 1. The van der Waals surface area contributed by atoms with Gasteiger partial charge in [0.15, 0.2) is 11.6 Å². The summed E-state index contributed by atoms with van der Waals surface area (Å²) >= 11 is 0. The lowest BCUT2D eigenvalue weighted by atomic mass is 9.90. The first-order chi connectivity index (χ1) is 13.0. The maximum absolute atomic E-state index is 14.0. The maximum Gasteiger partial charge on any atom is 0.219 e. The van der Waals surface area contributed by atoms with Gasteiger partial charge < -0.3 is 10.2 Å². The van der Waals surface area contributed by atoms with Crippen molar-refractivity contribution in [2.45, 2.75) is 51.7 Å². The fourth-order valence-electron chi connectivity index (χ4n) is 3.83. The van der Waals surface area contributed by atoms with Crippen LogP contribution in [-0.4, -0.2) is 29.4 Å². The Morgan fingerprint density at radius 3 is 2.63 bits per heavy atom. The number of hydrogen-bond donors (Lipinski definition) is 1. The third-order valence-corrected chi connectivity index (χ3v) is 5.34. The summed E-state index contributed by atoms with van der Waals surface area (Å²) in [6.45, 7) is 4.61. The Labute approximate surface area is 159 Å². The normalized spacial score (nSPS) is 19.9. The number of hydrogen-bond acceptors (Lipinski definition) is 2. The summed E-state index contributed by atoms with van der Waals surface area (Å²) in [7, 11) is 0. The van der Waals surface area contributed by atoms with Crippen molar-refractivity contribution < 1.29 is 13.6 Å². The topological polar surface area (TPSA) is 32.3 Å². The molecule has 144 valence electrons. The summed E-state index contributed by atoms with van der Waals surface area (Å²) in [6.07, 6.45) is 2.54. The Morgan fingerprint density at radius 1 is 1.19 bits per heavy atom. The molecule has 1 fully saturated rings. The average Bonchev–Trinajstić information content (AvgIpc) is 2.65. The van der Waals surface area contributed by atoms with Crippen LogP contribution in [0, 0.1) is 18.6 Å². The molecule has 1 amide bonds. The van der Waals surface area contributed by atoms with Crippen molar-refractivity contribution in [3.8, 4) is 0 Å². The first-order valence-corrected chi connectivity index (χ1v) is 9.44. The Kier molecular flexibility index (Phi) is 6.22. The molecule has 1 N–H and O–H groups in total. The van der Waals surface area contributed by atoms with Crippen LogP contribution in [0.4, 0.5) is 8.78 Å². The van der Waals surface area contributed by atoms with E-state index in [1.807, 2.05) is 11.8 Å². The largest absolute Gasteiger partial charge is 0.338 e. The van der Waals surface area contributed by atoms with Crippen molar-refractivity contribution in [2.75, 3.05) is 6.54 Å². The molecule has 2 aromatic carbocycles. The summed E-state index contributed by atoms with van der Waals surface area (Å²) < 4.78 is 27.4. The van der Waals surface area contributed by atoms with Crippen molar-refractivity contribution in [3.63, 3.8) is 0 Å². The first-order valence-electron chi connectivity index (χ1n) is 9.44. The molecule has 0 unspecified atom stereocenters. The second-order valence-corrected chi connectivity index (χ2v) is 7.31. The van der Waals surface area contributed by atoms with E-state index < -0.39 is 11.6 Å². The third-order valence-electron chi connectivity index (χ3n) is 5.34. The molecule has 0 bridgehead atoms. The van der Waals surface area contributed by atoms with Crippen molar-refractivity contribution in [1.82, 2.24) is 10.2 Å². The summed E-state index contributed by atoms with van der Waals surface area (Å²) in [5.41, 5.74) is 2.67. The monoisotopic (exact) mass is 372 g/mol. The minimum atomic E-state index is -0.834. The van der Waals surface area contributed by atoms with E-state index in [1.165, 1.54) is 17.2 Å². The van der Waals surface area contributed by atoms with E-state index >= 15 is 0 Å². The number of piperidine rings is 1. The van der Waals surface area contributed by atoms with Crippen LogP contribution >= 0.6 is 0 Å². The molecule has 1 aliphatic heterocycles.